The van der Waals surface area contributed by atoms with Gasteiger partial charge in [0.05, 0.1) is 18.3 Å². The molecule has 3 N–H and O–H groups in total. The Bertz CT molecular complexity index is 480. The Kier molecular flexibility index (Phi) is 3.69. The van der Waals surface area contributed by atoms with Gasteiger partial charge in [0.15, 0.2) is 0 Å². The summed E-state index contributed by atoms with van der Waals surface area (Å²) in [5, 5.41) is 32.0. The van der Waals surface area contributed by atoms with Crippen LogP contribution in [0.1, 0.15) is 65.7 Å². The molecule has 132 valence electrons. The van der Waals surface area contributed by atoms with Gasteiger partial charge >= 0.3 is 0 Å². The Morgan fingerprint density at radius 3 is 2.13 bits per heavy atom. The highest BCUT2D eigenvalue weighted by molar-refractivity contribution is 5.13. The smallest absolute Gasteiger partial charge is 0.0836 e. The van der Waals surface area contributed by atoms with E-state index in [0.717, 1.165) is 18.8 Å². The van der Waals surface area contributed by atoms with Crippen LogP contribution >= 0.6 is 0 Å². The van der Waals surface area contributed by atoms with Crippen molar-refractivity contribution in [2.45, 2.75) is 84.0 Å². The Morgan fingerprint density at radius 1 is 0.739 bits per heavy atom. The molecule has 4 fully saturated rings. The maximum atomic E-state index is 11.0. The van der Waals surface area contributed by atoms with Gasteiger partial charge in [0.1, 0.15) is 0 Å². The topological polar surface area (TPSA) is 60.7 Å². The van der Waals surface area contributed by atoms with Gasteiger partial charge < -0.3 is 15.3 Å². The lowest BCUT2D eigenvalue weighted by Crippen LogP contribution is -2.64. The van der Waals surface area contributed by atoms with Crippen LogP contribution in [-0.4, -0.2) is 33.6 Å². The van der Waals surface area contributed by atoms with E-state index in [9.17, 15) is 15.3 Å². The van der Waals surface area contributed by atoms with Gasteiger partial charge in [-0.1, -0.05) is 20.8 Å². The average Bonchev–Trinajstić information content (AvgIpc) is 2.82. The number of hydrogen-bond acceptors (Lipinski definition) is 3. The van der Waals surface area contributed by atoms with Gasteiger partial charge in [0.2, 0.25) is 0 Å². The van der Waals surface area contributed by atoms with Gasteiger partial charge in [-0.05, 0) is 85.4 Å². The lowest BCUT2D eigenvalue weighted by molar-refractivity contribution is -0.222. The third-order valence-electron chi connectivity index (χ3n) is 9.20. The molecule has 10 atom stereocenters. The van der Waals surface area contributed by atoms with E-state index in [1.165, 1.54) is 25.7 Å². The van der Waals surface area contributed by atoms with Crippen molar-refractivity contribution < 1.29 is 15.3 Å². The van der Waals surface area contributed by atoms with Gasteiger partial charge in [-0.25, -0.2) is 0 Å². The predicted molar refractivity (Wildman–Crippen MR) is 89.7 cm³/mol. The third kappa shape index (κ3) is 2.05. The van der Waals surface area contributed by atoms with Crippen LogP contribution in [0.15, 0.2) is 0 Å². The van der Waals surface area contributed by atoms with E-state index in [0.29, 0.717) is 23.7 Å². The quantitative estimate of drug-likeness (QED) is 0.642. The second kappa shape index (κ2) is 5.19. The number of hydrogen-bond donors (Lipinski definition) is 3. The van der Waals surface area contributed by atoms with Crippen LogP contribution in [0.25, 0.3) is 0 Å². The second-order valence-electron chi connectivity index (χ2n) is 9.83. The molecule has 3 nitrogen and oxygen atoms in total. The Morgan fingerprint density at radius 2 is 1.39 bits per heavy atom. The molecule has 4 aliphatic rings. The molecular weight excluding hydrogens is 288 g/mol. The number of rotatable bonds is 0. The number of fused-ring (bicyclic) bond motifs is 5. The zero-order valence-electron chi connectivity index (χ0n) is 14.9. The zero-order valence-corrected chi connectivity index (χ0v) is 14.9. The molecular formula is C20H34O3. The molecule has 0 radical (unpaired) electrons. The normalized spacial score (nSPS) is 62.3. The minimum Gasteiger partial charge on any atom is -0.393 e. The summed E-state index contributed by atoms with van der Waals surface area (Å²) in [5.74, 6) is 2.12. The minimum atomic E-state index is -0.658. The molecule has 0 aliphatic heterocycles. The first-order valence-electron chi connectivity index (χ1n) is 9.83. The van der Waals surface area contributed by atoms with Gasteiger partial charge in [0.25, 0.3) is 0 Å². The first-order valence-corrected chi connectivity index (χ1v) is 9.83. The summed E-state index contributed by atoms with van der Waals surface area (Å²) in [4.78, 5) is 0. The molecule has 0 aromatic carbocycles. The van der Waals surface area contributed by atoms with E-state index in [-0.39, 0.29) is 23.4 Å². The largest absolute Gasteiger partial charge is 0.393 e. The fourth-order valence-electron chi connectivity index (χ4n) is 7.50. The second-order valence-corrected chi connectivity index (χ2v) is 9.83. The molecule has 0 amide bonds. The average molecular weight is 322 g/mol. The fraction of sp³-hybridized carbons (Fsp3) is 1.00. The van der Waals surface area contributed by atoms with Crippen LogP contribution in [0.4, 0.5) is 0 Å². The lowest BCUT2D eigenvalue weighted by atomic mass is 9.43. The number of aliphatic hydroxyl groups excluding tert-OH is 3. The maximum absolute atomic E-state index is 11.0. The molecule has 0 aromatic heterocycles. The van der Waals surface area contributed by atoms with Gasteiger partial charge in [0, 0.05) is 0 Å². The summed E-state index contributed by atoms with van der Waals surface area (Å²) in [6.07, 6.45) is 5.91. The highest BCUT2D eigenvalue weighted by Gasteiger charge is 2.64. The van der Waals surface area contributed by atoms with Crippen LogP contribution in [0.3, 0.4) is 0 Å². The Labute approximate surface area is 140 Å². The molecule has 0 saturated heterocycles. The van der Waals surface area contributed by atoms with Gasteiger partial charge in [-0.3, -0.25) is 0 Å². The highest BCUT2D eigenvalue weighted by atomic mass is 16.3. The Balaban J connectivity index is 1.72. The van der Waals surface area contributed by atoms with Crippen molar-refractivity contribution in [3.63, 3.8) is 0 Å². The summed E-state index contributed by atoms with van der Waals surface area (Å²) >= 11 is 0. The fourth-order valence-corrected chi connectivity index (χ4v) is 7.50. The highest BCUT2D eigenvalue weighted by Crippen LogP contribution is 2.67. The molecule has 0 spiro atoms. The summed E-state index contributed by atoms with van der Waals surface area (Å²) in [6.45, 7) is 7.16. The van der Waals surface area contributed by atoms with Crippen LogP contribution in [0.2, 0.25) is 0 Å². The van der Waals surface area contributed by atoms with E-state index in [4.69, 9.17) is 0 Å². The van der Waals surface area contributed by atoms with E-state index in [1.54, 1.807) is 0 Å². The molecule has 0 heterocycles. The van der Waals surface area contributed by atoms with Gasteiger partial charge in [-0.2, -0.15) is 0 Å². The summed E-state index contributed by atoms with van der Waals surface area (Å²) in [7, 11) is 0. The van der Waals surface area contributed by atoms with Gasteiger partial charge in [-0.15, -0.1) is 0 Å². The summed E-state index contributed by atoms with van der Waals surface area (Å²) < 4.78 is 0. The van der Waals surface area contributed by atoms with E-state index < -0.39 is 12.2 Å². The molecule has 23 heavy (non-hydrogen) atoms. The molecule has 3 heteroatoms. The first kappa shape index (κ1) is 16.4. The van der Waals surface area contributed by atoms with E-state index in [1.807, 2.05) is 0 Å². The molecule has 4 aliphatic carbocycles. The van der Waals surface area contributed by atoms with Crippen LogP contribution in [0, 0.1) is 40.4 Å². The standard InChI is InChI=1S/C20H34O3/c1-11-4-5-13-16-14(7-9-19(11,13)2)20(3)8-6-12(21)10-15(20)17(22)18(16)23/h11-18,21-23H,4-10H2,1-3H3. The molecule has 4 saturated carbocycles. The minimum absolute atomic E-state index is 0.0608. The van der Waals surface area contributed by atoms with Crippen molar-refractivity contribution in [1.82, 2.24) is 0 Å². The van der Waals surface area contributed by atoms with Crippen molar-refractivity contribution in [3.05, 3.63) is 0 Å². The van der Waals surface area contributed by atoms with E-state index in [2.05, 4.69) is 20.8 Å². The van der Waals surface area contributed by atoms with E-state index >= 15 is 0 Å². The van der Waals surface area contributed by atoms with Crippen molar-refractivity contribution in [3.8, 4) is 0 Å². The SMILES string of the molecule is CC1CCC2C3C(O)C(O)C4CC(O)CCC4(C)C3CCC12C. The lowest BCUT2D eigenvalue weighted by Gasteiger charge is -2.63. The predicted octanol–water partition coefficient (Wildman–Crippen LogP) is 2.97. The zero-order chi connectivity index (χ0) is 16.6. The molecule has 4 rings (SSSR count). The maximum Gasteiger partial charge on any atom is 0.0836 e. The van der Waals surface area contributed by atoms with Crippen LogP contribution in [-0.2, 0) is 0 Å². The summed E-state index contributed by atoms with van der Waals surface area (Å²) in [5.41, 5.74) is 0.439. The molecule has 0 aromatic rings. The van der Waals surface area contributed by atoms with Crippen molar-refractivity contribution in [1.29, 1.82) is 0 Å². The number of aliphatic hydroxyl groups is 3. The van der Waals surface area contributed by atoms with Crippen LogP contribution < -0.4 is 0 Å². The third-order valence-corrected chi connectivity index (χ3v) is 9.20. The van der Waals surface area contributed by atoms with Crippen molar-refractivity contribution >= 4 is 0 Å². The Hall–Kier alpha value is -0.120. The summed E-state index contributed by atoms with van der Waals surface area (Å²) in [6, 6.07) is 0. The van der Waals surface area contributed by atoms with Crippen molar-refractivity contribution in [2.24, 2.45) is 40.4 Å². The first-order chi connectivity index (χ1) is 10.8. The monoisotopic (exact) mass is 322 g/mol. The van der Waals surface area contributed by atoms with Crippen LogP contribution in [0.5, 0.6) is 0 Å². The molecule has 0 bridgehead atoms. The van der Waals surface area contributed by atoms with Crippen molar-refractivity contribution in [2.75, 3.05) is 0 Å². The molecule has 10 unspecified atom stereocenters.